The van der Waals surface area contributed by atoms with E-state index in [2.05, 4.69) is 33.5 Å². The normalized spacial score (nSPS) is 26.7. The van der Waals surface area contributed by atoms with E-state index in [1.165, 1.54) is 4.90 Å². The summed E-state index contributed by atoms with van der Waals surface area (Å²) in [5, 5.41) is 13.1. The molecule has 1 aliphatic heterocycles. The molecule has 0 aromatic heterocycles. The molecule has 6 atom stereocenters. The summed E-state index contributed by atoms with van der Waals surface area (Å²) in [4.78, 5) is 95.7. The molecule has 9 N–H and O–H groups in total. The molecule has 0 aromatic carbocycles. The van der Waals surface area contributed by atoms with Crippen molar-refractivity contribution in [2.75, 3.05) is 33.2 Å². The summed E-state index contributed by atoms with van der Waals surface area (Å²) in [5.41, 5.74) is 11.4. The molecule has 2 fully saturated rings. The molecule has 2 rings (SSSR count). The molecule has 52 heavy (non-hydrogen) atoms. The number of hydrogen-bond donors (Lipinski definition) is 7. The van der Waals surface area contributed by atoms with Crippen LogP contribution in [0.25, 0.3) is 0 Å². The Labute approximate surface area is 308 Å². The van der Waals surface area contributed by atoms with Gasteiger partial charge < -0.3 is 47.7 Å². The van der Waals surface area contributed by atoms with Gasteiger partial charge in [-0.1, -0.05) is 66.2 Å². The van der Waals surface area contributed by atoms with Crippen molar-refractivity contribution in [2.45, 2.75) is 135 Å². The van der Waals surface area contributed by atoms with Gasteiger partial charge in [-0.2, -0.15) is 0 Å². The van der Waals surface area contributed by atoms with Gasteiger partial charge >= 0.3 is 5.97 Å². The van der Waals surface area contributed by atoms with E-state index in [1.54, 1.807) is 14.0 Å². The second kappa shape index (κ2) is 23.0. The number of hydrogen-bond acceptors (Lipinski definition) is 10. The molecule has 0 aromatic rings. The van der Waals surface area contributed by atoms with E-state index in [4.69, 9.17) is 16.2 Å². The number of cyclic esters (lactones) is 1. The number of ether oxygens (including phenoxy) is 1. The van der Waals surface area contributed by atoms with Crippen LogP contribution in [-0.4, -0.2) is 110 Å². The zero-order valence-electron chi connectivity index (χ0n) is 31.8. The second-order valence-electron chi connectivity index (χ2n) is 14.6. The highest BCUT2D eigenvalue weighted by molar-refractivity contribution is 5.96. The van der Waals surface area contributed by atoms with Crippen LogP contribution in [-0.2, 0) is 38.3 Å². The Morgan fingerprint density at radius 2 is 1.58 bits per heavy atom. The van der Waals surface area contributed by atoms with Gasteiger partial charge in [0.15, 0.2) is 0 Å². The lowest BCUT2D eigenvalue weighted by Crippen LogP contribution is -2.62. The fourth-order valence-corrected chi connectivity index (χ4v) is 6.72. The number of nitrogens with two attached hydrogens (primary N) is 2. The van der Waals surface area contributed by atoms with Gasteiger partial charge in [0.25, 0.3) is 0 Å². The molecule has 1 saturated heterocycles. The van der Waals surface area contributed by atoms with Crippen LogP contribution < -0.4 is 38.1 Å². The van der Waals surface area contributed by atoms with Gasteiger partial charge in [-0.3, -0.25) is 33.6 Å². The predicted octanol–water partition coefficient (Wildman–Crippen LogP) is -0.0340. The highest BCUT2D eigenvalue weighted by atomic mass is 16.5. The minimum Gasteiger partial charge on any atom is -0.460 e. The van der Waals surface area contributed by atoms with E-state index in [0.717, 1.165) is 38.5 Å². The Kier molecular flexibility index (Phi) is 19.6. The Bertz CT molecular complexity index is 1210. The Balaban J connectivity index is 2.57. The predicted molar refractivity (Wildman–Crippen MR) is 195 cm³/mol. The fourth-order valence-electron chi connectivity index (χ4n) is 6.72. The minimum absolute atomic E-state index is 0.00880. The molecule has 6 amide bonds. The molecule has 0 spiro atoms. The van der Waals surface area contributed by atoms with Crippen molar-refractivity contribution in [2.24, 2.45) is 29.2 Å². The maximum atomic E-state index is 14.1. The average molecular weight is 737 g/mol. The average Bonchev–Trinajstić information content (AvgIpc) is 3.12. The van der Waals surface area contributed by atoms with Crippen LogP contribution in [0.3, 0.4) is 0 Å². The molecule has 0 unspecified atom stereocenters. The largest absolute Gasteiger partial charge is 0.460 e. The first kappa shape index (κ1) is 44.4. The van der Waals surface area contributed by atoms with Crippen molar-refractivity contribution in [1.82, 2.24) is 31.5 Å². The van der Waals surface area contributed by atoms with Crippen LogP contribution in [0.2, 0.25) is 0 Å². The van der Waals surface area contributed by atoms with Gasteiger partial charge in [0.1, 0.15) is 36.8 Å². The minimum atomic E-state index is -1.36. The van der Waals surface area contributed by atoms with Crippen LogP contribution in [0.5, 0.6) is 0 Å². The molecule has 16 nitrogen and oxygen atoms in total. The Morgan fingerprint density at radius 3 is 2.19 bits per heavy atom. The molecule has 0 bridgehead atoms. The highest BCUT2D eigenvalue weighted by Gasteiger charge is 2.39. The lowest BCUT2D eigenvalue weighted by Gasteiger charge is -2.36. The topological polar surface area (TPSA) is 244 Å². The van der Waals surface area contributed by atoms with Gasteiger partial charge in [0.2, 0.25) is 35.4 Å². The van der Waals surface area contributed by atoms with Crippen LogP contribution in [0.4, 0.5) is 0 Å². The highest BCUT2D eigenvalue weighted by Crippen LogP contribution is 2.28. The number of unbranched alkanes of at least 4 members (excludes halogenated alkanes) is 3. The quantitative estimate of drug-likeness (QED) is 0.0983. The maximum absolute atomic E-state index is 14.1. The molecule has 296 valence electrons. The van der Waals surface area contributed by atoms with Gasteiger partial charge in [-0.15, -0.1) is 0 Å². The summed E-state index contributed by atoms with van der Waals surface area (Å²) in [6, 6.07) is -4.62. The second-order valence-corrected chi connectivity index (χ2v) is 14.6. The Hall–Kier alpha value is -3.79. The SMILES string of the molecule is CCCCCC[C@H]1OC(=O)CNC(=O)[C@H](CNC(=O)CCN)NC(=O)[C@H](CN)NC(=O)[C@H](C2CCCCC2)NC(=O)[C@H](CC(C)C)N(C)C(=O)[C@@H]1C. The monoisotopic (exact) mass is 736 g/mol. The first-order chi connectivity index (χ1) is 24.7. The summed E-state index contributed by atoms with van der Waals surface area (Å²) in [6.07, 6.45) is 7.39. The van der Waals surface area contributed by atoms with Crippen molar-refractivity contribution in [3.63, 3.8) is 0 Å². The number of nitrogens with one attached hydrogen (secondary N) is 5. The summed E-state index contributed by atoms with van der Waals surface area (Å²) in [7, 11) is 1.54. The summed E-state index contributed by atoms with van der Waals surface area (Å²) >= 11 is 0. The van der Waals surface area contributed by atoms with E-state index in [-0.39, 0.29) is 37.9 Å². The molecule has 16 heteroatoms. The molecular formula is C36H64N8O8. The van der Waals surface area contributed by atoms with E-state index >= 15 is 0 Å². The summed E-state index contributed by atoms with van der Waals surface area (Å²) in [6.45, 7) is 6.40. The van der Waals surface area contributed by atoms with E-state index in [1.807, 2.05) is 13.8 Å². The fraction of sp³-hybridized carbons (Fsp3) is 0.806. The molecular weight excluding hydrogens is 672 g/mol. The number of carbonyl (C=O) groups excluding carboxylic acids is 7. The van der Waals surface area contributed by atoms with Gasteiger partial charge in [-0.25, -0.2) is 0 Å². The van der Waals surface area contributed by atoms with Crippen LogP contribution in [0.15, 0.2) is 0 Å². The molecule has 1 saturated carbocycles. The van der Waals surface area contributed by atoms with Crippen LogP contribution in [0, 0.1) is 17.8 Å². The number of rotatable bonds is 13. The third kappa shape index (κ3) is 14.3. The number of nitrogens with zero attached hydrogens (tertiary/aromatic N) is 1. The van der Waals surface area contributed by atoms with E-state index in [0.29, 0.717) is 32.1 Å². The zero-order chi connectivity index (χ0) is 38.8. The molecule has 1 aliphatic carbocycles. The Morgan fingerprint density at radius 1 is 0.904 bits per heavy atom. The van der Waals surface area contributed by atoms with Crippen molar-refractivity contribution < 1.29 is 38.3 Å². The molecule has 2 aliphatic rings. The summed E-state index contributed by atoms with van der Waals surface area (Å²) < 4.78 is 5.81. The van der Waals surface area contributed by atoms with Gasteiger partial charge in [0, 0.05) is 33.1 Å². The van der Waals surface area contributed by atoms with E-state index < -0.39 is 84.1 Å². The van der Waals surface area contributed by atoms with Crippen LogP contribution in [0.1, 0.15) is 105 Å². The maximum Gasteiger partial charge on any atom is 0.325 e. The number of amides is 6. The van der Waals surface area contributed by atoms with Crippen LogP contribution >= 0.6 is 0 Å². The van der Waals surface area contributed by atoms with Crippen molar-refractivity contribution in [3.8, 4) is 0 Å². The number of carbonyl (C=O) groups is 7. The number of esters is 1. The third-order valence-electron chi connectivity index (χ3n) is 9.87. The molecule has 1 heterocycles. The standard InChI is InChI=1S/C36H64N8O8/c1-6-7-8-12-15-28-23(4)36(51)44(5)27(18-22(2)3)34(49)43-31(24-13-10-9-11-14-24)35(50)41-25(19-38)33(48)42-26(20-39-29(45)16-17-37)32(47)40-21-30(46)52-28/h22-28,31H,6-21,37-38H2,1-5H3,(H,39,45)(H,40,47)(H,41,50)(H,42,48)(H,43,49)/t23-,25+,26+,27+,28-,31+/m1/s1. The smallest absolute Gasteiger partial charge is 0.325 e. The first-order valence-corrected chi connectivity index (χ1v) is 19.1. The van der Waals surface area contributed by atoms with Crippen molar-refractivity contribution >= 4 is 41.4 Å². The lowest BCUT2D eigenvalue weighted by atomic mass is 9.83. The zero-order valence-corrected chi connectivity index (χ0v) is 31.8. The molecule has 0 radical (unpaired) electrons. The third-order valence-corrected chi connectivity index (χ3v) is 9.87. The van der Waals surface area contributed by atoms with Gasteiger partial charge in [-0.05, 0) is 43.9 Å². The van der Waals surface area contributed by atoms with E-state index in [9.17, 15) is 33.6 Å². The lowest BCUT2D eigenvalue weighted by molar-refractivity contribution is -0.157. The van der Waals surface area contributed by atoms with Crippen molar-refractivity contribution in [1.29, 1.82) is 0 Å². The van der Waals surface area contributed by atoms with Gasteiger partial charge in [0.05, 0.1) is 5.92 Å². The first-order valence-electron chi connectivity index (χ1n) is 19.1. The summed E-state index contributed by atoms with van der Waals surface area (Å²) in [5.74, 6) is -5.43. The van der Waals surface area contributed by atoms with Crippen molar-refractivity contribution in [3.05, 3.63) is 0 Å². The number of likely N-dealkylation sites (N-methyl/N-ethyl adjacent to an activating group) is 1.